The van der Waals surface area contributed by atoms with Crippen LogP contribution in [0.5, 0.6) is 0 Å². The van der Waals surface area contributed by atoms with Crippen LogP contribution in [0.25, 0.3) is 6.08 Å². The fourth-order valence-electron chi connectivity index (χ4n) is 4.54. The van der Waals surface area contributed by atoms with Gasteiger partial charge in [-0.2, -0.15) is 0 Å². The number of allylic oxidation sites excluding steroid dienone is 3. The predicted molar refractivity (Wildman–Crippen MR) is 112 cm³/mol. The van der Waals surface area contributed by atoms with Crippen molar-refractivity contribution in [3.05, 3.63) is 99.0 Å². The Kier molecular flexibility index (Phi) is 4.53. The standard InChI is InChI=1S/C24H24N2O/c1-3-20-19-14-17(2)16-24(20,21-11-12-23(27)26-22(21)15-19)25-13-7-10-18-8-5-4-6-9-18/h3-14,19H,15-16H2,1-2H3,(H,26,27)/b10-7+,20-3?,25-13?. The van der Waals surface area contributed by atoms with E-state index in [9.17, 15) is 4.79 Å². The number of rotatable bonds is 3. The molecule has 3 nitrogen and oxygen atoms in total. The number of H-pyrrole nitrogens is 1. The van der Waals surface area contributed by atoms with E-state index in [4.69, 9.17) is 4.99 Å². The fraction of sp³-hybridized carbons (Fsp3) is 0.250. The van der Waals surface area contributed by atoms with Crippen LogP contribution in [0.1, 0.15) is 37.1 Å². The Bertz CT molecular complexity index is 1020. The molecule has 2 aliphatic rings. The maximum atomic E-state index is 11.9. The molecule has 0 fully saturated rings. The van der Waals surface area contributed by atoms with E-state index in [1.807, 2.05) is 36.6 Å². The summed E-state index contributed by atoms with van der Waals surface area (Å²) in [6.45, 7) is 4.28. The number of benzene rings is 1. The van der Waals surface area contributed by atoms with Crippen molar-refractivity contribution in [2.24, 2.45) is 10.9 Å². The highest BCUT2D eigenvalue weighted by Gasteiger charge is 2.46. The summed E-state index contributed by atoms with van der Waals surface area (Å²) in [7, 11) is 0. The van der Waals surface area contributed by atoms with E-state index in [1.165, 1.54) is 11.1 Å². The highest BCUT2D eigenvalue weighted by molar-refractivity contribution is 5.79. The minimum Gasteiger partial charge on any atom is -0.326 e. The SMILES string of the molecule is CC=C1C2C=C(C)CC1(N=C/C=C/c1ccccc1)c1ccc(=O)[nH]c1C2. The van der Waals surface area contributed by atoms with Gasteiger partial charge in [0.05, 0.1) is 0 Å². The molecule has 1 aromatic heterocycles. The molecule has 0 saturated carbocycles. The van der Waals surface area contributed by atoms with E-state index < -0.39 is 5.54 Å². The summed E-state index contributed by atoms with van der Waals surface area (Å²) in [5.41, 5.74) is 5.52. The van der Waals surface area contributed by atoms with Crippen LogP contribution in [0, 0.1) is 5.92 Å². The Morgan fingerprint density at radius 3 is 2.78 bits per heavy atom. The maximum absolute atomic E-state index is 11.9. The lowest BCUT2D eigenvalue weighted by atomic mass is 9.63. The van der Waals surface area contributed by atoms with Gasteiger partial charge in [0, 0.05) is 35.9 Å². The smallest absolute Gasteiger partial charge is 0.248 e. The lowest BCUT2D eigenvalue weighted by molar-refractivity contribution is 0.413. The van der Waals surface area contributed by atoms with Gasteiger partial charge < -0.3 is 4.98 Å². The number of fused-ring (bicyclic) bond motifs is 4. The molecule has 0 aliphatic heterocycles. The fourth-order valence-corrected chi connectivity index (χ4v) is 4.54. The van der Waals surface area contributed by atoms with Crippen molar-refractivity contribution in [3.63, 3.8) is 0 Å². The van der Waals surface area contributed by atoms with E-state index in [0.717, 1.165) is 29.7 Å². The third-order valence-electron chi connectivity index (χ3n) is 5.55. The molecule has 27 heavy (non-hydrogen) atoms. The number of nitrogens with one attached hydrogen (secondary N) is 1. The molecule has 0 radical (unpaired) electrons. The van der Waals surface area contributed by atoms with Gasteiger partial charge >= 0.3 is 0 Å². The average Bonchev–Trinajstić information content (AvgIpc) is 2.65. The minimum atomic E-state index is -0.420. The van der Waals surface area contributed by atoms with Crippen molar-refractivity contribution in [1.82, 2.24) is 4.98 Å². The van der Waals surface area contributed by atoms with Gasteiger partial charge in [0.15, 0.2) is 0 Å². The molecule has 136 valence electrons. The molecule has 1 aromatic carbocycles. The zero-order valence-corrected chi connectivity index (χ0v) is 15.8. The summed E-state index contributed by atoms with van der Waals surface area (Å²) >= 11 is 0. The Morgan fingerprint density at radius 1 is 1.19 bits per heavy atom. The molecule has 2 bridgehead atoms. The first-order valence-electron chi connectivity index (χ1n) is 9.46. The molecule has 3 heteroatoms. The molecule has 2 atom stereocenters. The lowest BCUT2D eigenvalue weighted by Crippen LogP contribution is -2.40. The monoisotopic (exact) mass is 356 g/mol. The molecule has 2 unspecified atom stereocenters. The van der Waals surface area contributed by atoms with Gasteiger partial charge in [-0.1, -0.05) is 54.1 Å². The predicted octanol–water partition coefficient (Wildman–Crippen LogP) is 4.82. The molecule has 0 saturated heterocycles. The Labute approximate surface area is 159 Å². The molecule has 1 heterocycles. The Morgan fingerprint density at radius 2 is 2.00 bits per heavy atom. The summed E-state index contributed by atoms with van der Waals surface area (Å²) < 4.78 is 0. The zero-order chi connectivity index (χ0) is 18.9. The highest BCUT2D eigenvalue weighted by Crippen LogP contribution is 2.51. The zero-order valence-electron chi connectivity index (χ0n) is 15.8. The quantitative estimate of drug-likeness (QED) is 0.622. The molecule has 2 aromatic rings. The van der Waals surface area contributed by atoms with Crippen LogP contribution in [0.2, 0.25) is 0 Å². The number of pyridine rings is 1. The first-order chi connectivity index (χ1) is 13.1. The van der Waals surface area contributed by atoms with Crippen molar-refractivity contribution < 1.29 is 0 Å². The average molecular weight is 356 g/mol. The number of aromatic nitrogens is 1. The molecule has 2 aliphatic carbocycles. The van der Waals surface area contributed by atoms with Crippen molar-refractivity contribution in [1.29, 1.82) is 0 Å². The molecule has 4 rings (SSSR count). The van der Waals surface area contributed by atoms with Gasteiger partial charge in [0.25, 0.3) is 0 Å². The van der Waals surface area contributed by atoms with Crippen LogP contribution in [-0.4, -0.2) is 11.2 Å². The van der Waals surface area contributed by atoms with E-state index in [2.05, 4.69) is 49.2 Å². The third kappa shape index (κ3) is 3.14. The van der Waals surface area contributed by atoms with E-state index in [0.29, 0.717) is 5.92 Å². The van der Waals surface area contributed by atoms with E-state index in [-0.39, 0.29) is 5.56 Å². The second kappa shape index (κ2) is 6.99. The first kappa shape index (κ1) is 17.5. The topological polar surface area (TPSA) is 45.2 Å². The van der Waals surface area contributed by atoms with Gasteiger partial charge in [-0.3, -0.25) is 9.79 Å². The molecular weight excluding hydrogens is 332 g/mol. The number of aromatic amines is 1. The number of hydrogen-bond donors (Lipinski definition) is 1. The van der Waals surface area contributed by atoms with E-state index in [1.54, 1.807) is 6.07 Å². The van der Waals surface area contributed by atoms with Crippen LogP contribution in [0.4, 0.5) is 0 Å². The molecule has 0 amide bonds. The maximum Gasteiger partial charge on any atom is 0.248 e. The van der Waals surface area contributed by atoms with Gasteiger partial charge in [0.2, 0.25) is 5.56 Å². The summed E-state index contributed by atoms with van der Waals surface area (Å²) in [4.78, 5) is 20.0. The number of hydrogen-bond acceptors (Lipinski definition) is 2. The Balaban J connectivity index is 1.79. The molecular formula is C24H24N2O. The van der Waals surface area contributed by atoms with E-state index >= 15 is 0 Å². The second-order valence-corrected chi connectivity index (χ2v) is 7.37. The number of nitrogens with zero attached hydrogens (tertiary/aromatic N) is 1. The van der Waals surface area contributed by atoms with Gasteiger partial charge in [-0.25, -0.2) is 0 Å². The molecule has 0 spiro atoms. The van der Waals surface area contributed by atoms with Crippen LogP contribution in [-0.2, 0) is 12.0 Å². The lowest BCUT2D eigenvalue weighted by Gasteiger charge is -2.45. The summed E-state index contributed by atoms with van der Waals surface area (Å²) in [5.74, 6) is 0.296. The summed E-state index contributed by atoms with van der Waals surface area (Å²) in [5, 5.41) is 0. The summed E-state index contributed by atoms with van der Waals surface area (Å²) in [6.07, 6.45) is 12.2. The largest absolute Gasteiger partial charge is 0.326 e. The normalized spacial score (nSPS) is 25.8. The van der Waals surface area contributed by atoms with Crippen LogP contribution < -0.4 is 5.56 Å². The van der Waals surface area contributed by atoms with Crippen molar-refractivity contribution in [3.8, 4) is 0 Å². The van der Waals surface area contributed by atoms with Gasteiger partial charge in [0.1, 0.15) is 5.54 Å². The first-order valence-corrected chi connectivity index (χ1v) is 9.46. The number of aliphatic imine (C=N–C) groups is 1. The third-order valence-corrected chi connectivity index (χ3v) is 5.55. The van der Waals surface area contributed by atoms with Gasteiger partial charge in [-0.05, 0) is 43.5 Å². The van der Waals surface area contributed by atoms with Crippen molar-refractivity contribution >= 4 is 12.3 Å². The summed E-state index contributed by atoms with van der Waals surface area (Å²) in [6, 6.07) is 13.8. The van der Waals surface area contributed by atoms with Crippen LogP contribution in [0.3, 0.4) is 0 Å². The van der Waals surface area contributed by atoms with Gasteiger partial charge in [-0.15, -0.1) is 0 Å². The molecule has 1 N–H and O–H groups in total. The van der Waals surface area contributed by atoms with Crippen molar-refractivity contribution in [2.45, 2.75) is 32.2 Å². The second-order valence-electron chi connectivity index (χ2n) is 7.37. The Hall–Kier alpha value is -2.94. The minimum absolute atomic E-state index is 0.0421. The highest BCUT2D eigenvalue weighted by atomic mass is 16.1. The van der Waals surface area contributed by atoms with Crippen LogP contribution >= 0.6 is 0 Å². The van der Waals surface area contributed by atoms with Crippen molar-refractivity contribution in [2.75, 3.05) is 0 Å². The van der Waals surface area contributed by atoms with Crippen LogP contribution in [0.15, 0.2) is 81.6 Å².